The van der Waals surface area contributed by atoms with Crippen LogP contribution >= 0.6 is 0 Å². The predicted octanol–water partition coefficient (Wildman–Crippen LogP) is 1.73. The van der Waals surface area contributed by atoms with Crippen LogP contribution in [0.15, 0.2) is 24.3 Å². The minimum absolute atomic E-state index is 0.198. The lowest BCUT2D eigenvalue weighted by Crippen LogP contribution is -2.21. The van der Waals surface area contributed by atoms with Crippen LogP contribution in [0.25, 0.3) is 0 Å². The first kappa shape index (κ1) is 12.0. The third-order valence-corrected chi connectivity index (χ3v) is 2.39. The Labute approximate surface area is 91.1 Å². The molecule has 0 saturated carbocycles. The van der Waals surface area contributed by atoms with Crippen molar-refractivity contribution in [2.24, 2.45) is 0 Å². The smallest absolute Gasteiger partial charge is 0.118 e. The number of aliphatic hydroxyl groups excluding tert-OH is 1. The quantitative estimate of drug-likeness (QED) is 0.749. The molecule has 1 unspecified atom stereocenters. The number of ether oxygens (including phenoxy) is 1. The van der Waals surface area contributed by atoms with Gasteiger partial charge in [0.05, 0.1) is 7.11 Å². The van der Waals surface area contributed by atoms with E-state index in [1.54, 1.807) is 7.11 Å². The molecular weight excluding hydrogens is 190 g/mol. The summed E-state index contributed by atoms with van der Waals surface area (Å²) < 4.78 is 5.10. The van der Waals surface area contributed by atoms with Gasteiger partial charge in [0.25, 0.3) is 0 Å². The van der Waals surface area contributed by atoms with Gasteiger partial charge in [-0.05, 0) is 30.7 Å². The lowest BCUT2D eigenvalue weighted by Gasteiger charge is -2.17. The molecule has 1 aromatic carbocycles. The van der Waals surface area contributed by atoms with Crippen molar-refractivity contribution in [3.63, 3.8) is 0 Å². The fourth-order valence-electron chi connectivity index (χ4n) is 1.60. The van der Waals surface area contributed by atoms with E-state index in [1.165, 1.54) is 5.56 Å². The van der Waals surface area contributed by atoms with Crippen molar-refractivity contribution in [1.82, 2.24) is 5.32 Å². The van der Waals surface area contributed by atoms with Crippen LogP contribution in [0.4, 0.5) is 0 Å². The van der Waals surface area contributed by atoms with E-state index in [9.17, 15) is 0 Å². The average molecular weight is 209 g/mol. The van der Waals surface area contributed by atoms with Crippen LogP contribution < -0.4 is 10.1 Å². The summed E-state index contributed by atoms with van der Waals surface area (Å²) in [6.07, 6.45) is 0.736. The largest absolute Gasteiger partial charge is 0.497 e. The predicted molar refractivity (Wildman–Crippen MR) is 61.1 cm³/mol. The van der Waals surface area contributed by atoms with Crippen molar-refractivity contribution in [2.45, 2.75) is 19.4 Å². The van der Waals surface area contributed by atoms with Crippen LogP contribution in [0.3, 0.4) is 0 Å². The number of aliphatic hydroxyl groups is 1. The molecule has 0 spiro atoms. The van der Waals surface area contributed by atoms with Crippen LogP contribution in [0, 0.1) is 0 Å². The molecule has 0 heterocycles. The zero-order valence-corrected chi connectivity index (χ0v) is 9.36. The van der Waals surface area contributed by atoms with Gasteiger partial charge in [0.1, 0.15) is 5.75 Å². The topological polar surface area (TPSA) is 41.5 Å². The van der Waals surface area contributed by atoms with Crippen molar-refractivity contribution >= 4 is 0 Å². The zero-order valence-electron chi connectivity index (χ0n) is 9.36. The maximum absolute atomic E-state index is 8.96. The second-order valence-electron chi connectivity index (χ2n) is 3.40. The van der Waals surface area contributed by atoms with Gasteiger partial charge in [-0.15, -0.1) is 0 Å². The van der Waals surface area contributed by atoms with E-state index in [0.29, 0.717) is 0 Å². The first-order chi connectivity index (χ1) is 7.31. The minimum atomic E-state index is 0.198. The van der Waals surface area contributed by atoms with E-state index >= 15 is 0 Å². The van der Waals surface area contributed by atoms with Gasteiger partial charge in [0.15, 0.2) is 0 Å². The number of benzene rings is 1. The lowest BCUT2D eigenvalue weighted by atomic mass is 10.0. The molecule has 0 fully saturated rings. The standard InChI is InChI=1S/C12H19NO2/c1-3-13-12(8-9-14)10-4-6-11(15-2)7-5-10/h4-7,12-14H,3,8-9H2,1-2H3. The molecule has 0 aliphatic carbocycles. The molecule has 1 rings (SSSR count). The molecule has 2 N–H and O–H groups in total. The minimum Gasteiger partial charge on any atom is -0.497 e. The van der Waals surface area contributed by atoms with Crippen LogP contribution in [0.5, 0.6) is 5.75 Å². The Balaban J connectivity index is 2.72. The molecule has 1 atom stereocenters. The highest BCUT2D eigenvalue weighted by Crippen LogP contribution is 2.19. The third-order valence-electron chi connectivity index (χ3n) is 2.39. The summed E-state index contributed by atoms with van der Waals surface area (Å²) in [5.41, 5.74) is 1.19. The van der Waals surface area contributed by atoms with Crippen molar-refractivity contribution in [3.8, 4) is 5.75 Å². The second-order valence-corrected chi connectivity index (χ2v) is 3.40. The molecule has 1 aromatic rings. The van der Waals surface area contributed by atoms with Crippen molar-refractivity contribution < 1.29 is 9.84 Å². The normalized spacial score (nSPS) is 12.5. The van der Waals surface area contributed by atoms with Gasteiger partial charge in [0.2, 0.25) is 0 Å². The van der Waals surface area contributed by atoms with Crippen LogP contribution in [-0.2, 0) is 0 Å². The van der Waals surface area contributed by atoms with Crippen molar-refractivity contribution in [3.05, 3.63) is 29.8 Å². The Morgan fingerprint density at radius 2 is 2.00 bits per heavy atom. The Morgan fingerprint density at radius 1 is 1.33 bits per heavy atom. The fraction of sp³-hybridized carbons (Fsp3) is 0.500. The maximum atomic E-state index is 8.96. The number of hydrogen-bond donors (Lipinski definition) is 2. The van der Waals surface area contributed by atoms with E-state index in [1.807, 2.05) is 24.3 Å². The first-order valence-corrected chi connectivity index (χ1v) is 5.30. The van der Waals surface area contributed by atoms with E-state index in [0.717, 1.165) is 18.7 Å². The van der Waals surface area contributed by atoms with Crippen LogP contribution in [-0.4, -0.2) is 25.4 Å². The Morgan fingerprint density at radius 3 is 2.47 bits per heavy atom. The second kappa shape index (κ2) is 6.43. The number of hydrogen-bond acceptors (Lipinski definition) is 3. The summed E-state index contributed by atoms with van der Waals surface area (Å²) in [5.74, 6) is 0.859. The molecule has 0 amide bonds. The first-order valence-electron chi connectivity index (χ1n) is 5.30. The molecule has 0 saturated heterocycles. The average Bonchev–Trinajstić information content (AvgIpc) is 2.29. The zero-order chi connectivity index (χ0) is 11.1. The third kappa shape index (κ3) is 3.53. The van der Waals surface area contributed by atoms with Gasteiger partial charge in [-0.25, -0.2) is 0 Å². The van der Waals surface area contributed by atoms with Gasteiger partial charge in [-0.1, -0.05) is 19.1 Å². The molecule has 84 valence electrons. The van der Waals surface area contributed by atoms with Crippen molar-refractivity contribution in [2.75, 3.05) is 20.3 Å². The van der Waals surface area contributed by atoms with E-state index < -0.39 is 0 Å². The lowest BCUT2D eigenvalue weighted by molar-refractivity contribution is 0.266. The number of rotatable bonds is 6. The summed E-state index contributed by atoms with van der Waals surface area (Å²) in [4.78, 5) is 0. The molecule has 15 heavy (non-hydrogen) atoms. The van der Waals surface area contributed by atoms with E-state index in [4.69, 9.17) is 9.84 Å². The van der Waals surface area contributed by atoms with Gasteiger partial charge < -0.3 is 15.2 Å². The van der Waals surface area contributed by atoms with Gasteiger partial charge >= 0.3 is 0 Å². The maximum Gasteiger partial charge on any atom is 0.118 e. The Bertz CT molecular complexity index is 265. The number of nitrogens with one attached hydrogen (secondary N) is 1. The molecular formula is C12H19NO2. The summed E-state index contributed by atoms with van der Waals surface area (Å²) in [7, 11) is 1.66. The molecule has 3 heteroatoms. The van der Waals surface area contributed by atoms with Gasteiger partial charge in [-0.3, -0.25) is 0 Å². The summed E-state index contributed by atoms with van der Waals surface area (Å²) in [6.45, 7) is 3.16. The highest BCUT2D eigenvalue weighted by Gasteiger charge is 2.08. The molecule has 0 aliphatic rings. The van der Waals surface area contributed by atoms with Gasteiger partial charge in [0, 0.05) is 12.6 Å². The monoisotopic (exact) mass is 209 g/mol. The summed E-state index contributed by atoms with van der Waals surface area (Å²) in [5, 5.41) is 12.3. The Kier molecular flexibility index (Phi) is 5.15. The van der Waals surface area contributed by atoms with Crippen LogP contribution in [0.2, 0.25) is 0 Å². The number of methoxy groups -OCH3 is 1. The van der Waals surface area contributed by atoms with E-state index in [-0.39, 0.29) is 12.6 Å². The Hall–Kier alpha value is -1.06. The molecule has 0 radical (unpaired) electrons. The summed E-state index contributed by atoms with van der Waals surface area (Å²) in [6, 6.07) is 8.17. The van der Waals surface area contributed by atoms with Gasteiger partial charge in [-0.2, -0.15) is 0 Å². The highest BCUT2D eigenvalue weighted by molar-refractivity contribution is 5.29. The molecule has 0 aromatic heterocycles. The van der Waals surface area contributed by atoms with Crippen molar-refractivity contribution in [1.29, 1.82) is 0 Å². The summed E-state index contributed by atoms with van der Waals surface area (Å²) >= 11 is 0. The molecule has 0 bridgehead atoms. The SMILES string of the molecule is CCNC(CCO)c1ccc(OC)cc1. The highest BCUT2D eigenvalue weighted by atomic mass is 16.5. The molecule has 3 nitrogen and oxygen atoms in total. The van der Waals surface area contributed by atoms with E-state index in [2.05, 4.69) is 12.2 Å². The fourth-order valence-corrected chi connectivity index (χ4v) is 1.60. The molecule has 0 aliphatic heterocycles. The van der Waals surface area contributed by atoms with Crippen LogP contribution in [0.1, 0.15) is 24.9 Å².